The summed E-state index contributed by atoms with van der Waals surface area (Å²) in [6.45, 7) is 5.15. The minimum atomic E-state index is -2.58. The molecule has 146 valence electrons. The van der Waals surface area contributed by atoms with E-state index in [2.05, 4.69) is 9.97 Å². The maximum Gasteiger partial charge on any atom is 0.265 e. The highest BCUT2D eigenvalue weighted by molar-refractivity contribution is 6.32. The molecular weight excluding hydrogens is 386 g/mol. The Balaban J connectivity index is 1.47. The maximum absolute atomic E-state index is 13.0. The number of anilines is 1. The number of halogens is 3. The second-order valence-corrected chi connectivity index (χ2v) is 7.51. The zero-order valence-electron chi connectivity index (χ0n) is 15.5. The first-order valence-electron chi connectivity index (χ1n) is 8.96. The van der Waals surface area contributed by atoms with Crippen molar-refractivity contribution >= 4 is 23.2 Å². The number of carbonyl (C=O) groups excluding carboxylic acids is 1. The van der Waals surface area contributed by atoms with Crippen molar-refractivity contribution in [3.05, 3.63) is 63.8 Å². The van der Waals surface area contributed by atoms with Gasteiger partial charge in [-0.1, -0.05) is 17.7 Å². The fraction of sp³-hybridized carbons (Fsp3) is 0.350. The number of pyridine rings is 2. The van der Waals surface area contributed by atoms with E-state index in [1.54, 1.807) is 22.1 Å². The largest absolute Gasteiger partial charge is 0.346 e. The van der Waals surface area contributed by atoms with Crippen molar-refractivity contribution in [3.8, 4) is 0 Å². The number of hydrogen-bond acceptors (Lipinski definition) is 4. The van der Waals surface area contributed by atoms with E-state index in [1.165, 1.54) is 12.3 Å². The highest BCUT2D eigenvalue weighted by atomic mass is 35.5. The first kappa shape index (κ1) is 18.8. The Kier molecular flexibility index (Phi) is 4.79. The van der Waals surface area contributed by atoms with E-state index < -0.39 is 6.43 Å². The molecule has 0 fully saturated rings. The van der Waals surface area contributed by atoms with Gasteiger partial charge in [-0.05, 0) is 31.0 Å². The summed E-state index contributed by atoms with van der Waals surface area (Å²) in [5.74, 6) is -0.357. The lowest BCUT2D eigenvalue weighted by Gasteiger charge is -2.22. The third kappa shape index (κ3) is 3.24. The first-order valence-corrected chi connectivity index (χ1v) is 9.34. The van der Waals surface area contributed by atoms with Gasteiger partial charge in [0.2, 0.25) is 5.91 Å². The van der Waals surface area contributed by atoms with E-state index in [0.717, 1.165) is 28.7 Å². The molecule has 0 aliphatic carbocycles. The number of alkyl halides is 2. The summed E-state index contributed by atoms with van der Waals surface area (Å²) in [5, 5.41) is 0.645. The number of fused-ring (bicyclic) bond motifs is 1. The molecular formula is C20H19ClF2N4O. The van der Waals surface area contributed by atoms with Gasteiger partial charge in [0.25, 0.3) is 6.43 Å². The zero-order valence-corrected chi connectivity index (χ0v) is 16.2. The summed E-state index contributed by atoms with van der Waals surface area (Å²) < 4.78 is 25.8. The van der Waals surface area contributed by atoms with E-state index in [0.29, 0.717) is 30.3 Å². The normalized spacial score (nSPS) is 18.3. The number of nitrogens with zero attached hydrogens (tertiary/aromatic N) is 4. The van der Waals surface area contributed by atoms with Crippen LogP contribution in [0.3, 0.4) is 0 Å². The van der Waals surface area contributed by atoms with Crippen LogP contribution in [0.1, 0.15) is 34.5 Å². The minimum Gasteiger partial charge on any atom is -0.346 e. The van der Waals surface area contributed by atoms with Crippen molar-refractivity contribution in [2.75, 3.05) is 11.4 Å². The van der Waals surface area contributed by atoms with Gasteiger partial charge >= 0.3 is 0 Å². The molecule has 1 atom stereocenters. The van der Waals surface area contributed by atoms with Crippen molar-refractivity contribution in [1.82, 2.24) is 14.9 Å². The van der Waals surface area contributed by atoms with Crippen molar-refractivity contribution in [3.63, 3.8) is 0 Å². The van der Waals surface area contributed by atoms with Crippen molar-refractivity contribution in [2.45, 2.75) is 33.4 Å². The van der Waals surface area contributed by atoms with Crippen LogP contribution in [0.15, 0.2) is 30.7 Å². The summed E-state index contributed by atoms with van der Waals surface area (Å²) in [6.07, 6.45) is 3.65. The van der Waals surface area contributed by atoms with Crippen LogP contribution >= 0.6 is 11.6 Å². The number of hydrogen-bond donors (Lipinski definition) is 0. The Labute approximate surface area is 166 Å². The van der Waals surface area contributed by atoms with Crippen LogP contribution in [0.2, 0.25) is 5.02 Å². The summed E-state index contributed by atoms with van der Waals surface area (Å²) in [4.78, 5) is 25.0. The number of aromatic nitrogens is 2. The molecule has 1 amide bonds. The van der Waals surface area contributed by atoms with Crippen LogP contribution in [0.4, 0.5) is 14.5 Å². The van der Waals surface area contributed by atoms with Crippen molar-refractivity contribution in [1.29, 1.82) is 0 Å². The van der Waals surface area contributed by atoms with Gasteiger partial charge in [-0.3, -0.25) is 14.8 Å². The average molecular weight is 405 g/mol. The summed E-state index contributed by atoms with van der Waals surface area (Å²) in [7, 11) is 0. The number of amides is 1. The topological polar surface area (TPSA) is 49.3 Å². The van der Waals surface area contributed by atoms with E-state index in [1.807, 2.05) is 13.8 Å². The first-order chi connectivity index (χ1) is 13.3. The Hall–Kier alpha value is -2.54. The molecule has 0 bridgehead atoms. The third-order valence-corrected chi connectivity index (χ3v) is 5.85. The summed E-state index contributed by atoms with van der Waals surface area (Å²) in [5.41, 5.74) is 4.05. The molecule has 2 aliphatic rings. The second-order valence-electron chi connectivity index (χ2n) is 7.13. The molecule has 0 saturated heterocycles. The Morgan fingerprint density at radius 3 is 2.82 bits per heavy atom. The molecule has 4 heterocycles. The molecule has 5 nitrogen and oxygen atoms in total. The Bertz CT molecular complexity index is 979. The van der Waals surface area contributed by atoms with Gasteiger partial charge in [-0.25, -0.2) is 8.78 Å². The Morgan fingerprint density at radius 1 is 1.29 bits per heavy atom. The molecule has 0 saturated carbocycles. The van der Waals surface area contributed by atoms with Gasteiger partial charge < -0.3 is 9.80 Å². The highest BCUT2D eigenvalue weighted by Crippen LogP contribution is 2.33. The van der Waals surface area contributed by atoms with E-state index in [-0.39, 0.29) is 17.4 Å². The molecule has 2 aromatic rings. The molecule has 0 aromatic carbocycles. The molecule has 4 rings (SSSR count). The molecule has 0 spiro atoms. The van der Waals surface area contributed by atoms with Crippen LogP contribution < -0.4 is 4.90 Å². The van der Waals surface area contributed by atoms with Crippen LogP contribution in [-0.4, -0.2) is 27.3 Å². The Morgan fingerprint density at radius 2 is 2.07 bits per heavy atom. The lowest BCUT2D eigenvalue weighted by molar-refractivity contribution is -0.134. The predicted molar refractivity (Wildman–Crippen MR) is 102 cm³/mol. The maximum atomic E-state index is 13.0. The standard InChI is InChI=1S/C20H19ClF2N4O/c1-11-16-9-27(10-17(16)25-12(2)18(11)21)20(28)13-3-4-26(8-13)15-5-14(19(22)23)6-24-7-15/h3-7,13,19H,8-10H2,1-2H3. The van der Waals surface area contributed by atoms with Gasteiger partial charge in [-0.15, -0.1) is 0 Å². The third-order valence-electron chi connectivity index (χ3n) is 5.29. The molecule has 28 heavy (non-hydrogen) atoms. The predicted octanol–water partition coefficient (Wildman–Crippen LogP) is 4.18. The number of aryl methyl sites for hydroxylation is 1. The fourth-order valence-corrected chi connectivity index (χ4v) is 3.87. The lowest BCUT2D eigenvalue weighted by atomic mass is 10.1. The van der Waals surface area contributed by atoms with E-state index in [9.17, 15) is 13.6 Å². The molecule has 2 aromatic heterocycles. The molecule has 1 unspecified atom stereocenters. The van der Waals surface area contributed by atoms with Gasteiger partial charge in [-0.2, -0.15) is 0 Å². The summed E-state index contributed by atoms with van der Waals surface area (Å²) >= 11 is 6.29. The fourth-order valence-electron chi connectivity index (χ4n) is 3.71. The molecule has 8 heteroatoms. The lowest BCUT2D eigenvalue weighted by Crippen LogP contribution is -2.34. The quantitative estimate of drug-likeness (QED) is 0.770. The summed E-state index contributed by atoms with van der Waals surface area (Å²) in [6, 6.07) is 1.40. The van der Waals surface area contributed by atoms with Crippen molar-refractivity contribution < 1.29 is 13.6 Å². The molecule has 0 N–H and O–H groups in total. The van der Waals surface area contributed by atoms with Gasteiger partial charge in [0.05, 0.1) is 40.8 Å². The molecule has 2 aliphatic heterocycles. The zero-order chi connectivity index (χ0) is 20.0. The average Bonchev–Trinajstić information content (AvgIpc) is 3.33. The molecule has 0 radical (unpaired) electrons. The van der Waals surface area contributed by atoms with E-state index in [4.69, 9.17) is 11.6 Å². The van der Waals surface area contributed by atoms with Crippen molar-refractivity contribution in [2.24, 2.45) is 5.92 Å². The second kappa shape index (κ2) is 7.13. The van der Waals surface area contributed by atoms with Crippen LogP contribution in [0, 0.1) is 19.8 Å². The van der Waals surface area contributed by atoms with Crippen LogP contribution in [0.5, 0.6) is 0 Å². The van der Waals surface area contributed by atoms with E-state index >= 15 is 0 Å². The van der Waals surface area contributed by atoms with Crippen LogP contribution in [0.25, 0.3) is 0 Å². The number of carbonyl (C=O) groups is 1. The smallest absolute Gasteiger partial charge is 0.265 e. The highest BCUT2D eigenvalue weighted by Gasteiger charge is 2.33. The minimum absolute atomic E-state index is 0.0112. The number of rotatable bonds is 3. The van der Waals surface area contributed by atoms with Crippen LogP contribution in [-0.2, 0) is 17.9 Å². The SMILES string of the molecule is Cc1nc2c(c(C)c1Cl)CN(C(=O)C1C=CN(c3cncc(C(F)F)c3)C1)C2. The van der Waals surface area contributed by atoms with Gasteiger partial charge in [0, 0.05) is 31.0 Å². The van der Waals surface area contributed by atoms with Gasteiger partial charge in [0.15, 0.2) is 0 Å². The van der Waals surface area contributed by atoms with Gasteiger partial charge in [0.1, 0.15) is 0 Å². The monoisotopic (exact) mass is 404 g/mol.